The van der Waals surface area contributed by atoms with E-state index in [1.165, 1.54) is 71.0 Å². The van der Waals surface area contributed by atoms with Gasteiger partial charge in [0.15, 0.2) is 0 Å². The number of aliphatic carboxylic acids is 2. The van der Waals surface area contributed by atoms with Gasteiger partial charge in [0.25, 0.3) is 0 Å². The summed E-state index contributed by atoms with van der Waals surface area (Å²) < 4.78 is 63.5. The van der Waals surface area contributed by atoms with Crippen molar-refractivity contribution in [2.45, 2.75) is 70.1 Å². The summed E-state index contributed by atoms with van der Waals surface area (Å²) in [5.74, 6) is -4.29. The average Bonchev–Trinajstić information content (AvgIpc) is 3.30. The SMILES string of the molecule is O=C(Cc1cccnc1)N1CCC2(CCN(CC3CCCCC3)CC2)C1.O=C(O)C(F)(F)F.O=C(O)C(F)(F)F. The topological polar surface area (TPSA) is 111 Å². The Labute approximate surface area is 228 Å². The zero-order valence-corrected chi connectivity index (χ0v) is 22.0. The molecule has 0 bridgehead atoms. The number of carboxylic acids is 2. The van der Waals surface area contributed by atoms with E-state index in [2.05, 4.69) is 14.8 Å². The highest BCUT2D eigenvalue weighted by atomic mass is 19.4. The molecule has 0 radical (unpaired) electrons. The van der Waals surface area contributed by atoms with Gasteiger partial charge in [-0.3, -0.25) is 9.78 Å². The first-order valence-corrected chi connectivity index (χ1v) is 13.1. The van der Waals surface area contributed by atoms with Crippen molar-refractivity contribution in [3.05, 3.63) is 30.1 Å². The van der Waals surface area contributed by atoms with Crippen LogP contribution >= 0.6 is 0 Å². The smallest absolute Gasteiger partial charge is 0.475 e. The number of nitrogens with zero attached hydrogens (tertiary/aromatic N) is 3. The first-order valence-electron chi connectivity index (χ1n) is 13.1. The summed E-state index contributed by atoms with van der Waals surface area (Å²) in [6.45, 7) is 5.72. The van der Waals surface area contributed by atoms with E-state index in [0.717, 1.165) is 24.6 Å². The minimum Gasteiger partial charge on any atom is -0.475 e. The molecule has 1 amide bonds. The van der Waals surface area contributed by atoms with Crippen molar-refractivity contribution in [3.8, 4) is 0 Å². The summed E-state index contributed by atoms with van der Waals surface area (Å²) in [5.41, 5.74) is 1.42. The maximum Gasteiger partial charge on any atom is 0.490 e. The van der Waals surface area contributed by atoms with Crippen LogP contribution < -0.4 is 0 Å². The lowest BCUT2D eigenvalue weighted by atomic mass is 9.77. The molecule has 2 aliphatic heterocycles. The molecule has 3 heterocycles. The first kappa shape index (κ1) is 33.3. The van der Waals surface area contributed by atoms with Crippen LogP contribution in [-0.2, 0) is 20.8 Å². The second kappa shape index (κ2) is 14.6. The Balaban J connectivity index is 0.000000333. The van der Waals surface area contributed by atoms with Crippen LogP contribution in [0.1, 0.15) is 56.9 Å². The van der Waals surface area contributed by atoms with Gasteiger partial charge < -0.3 is 20.0 Å². The number of likely N-dealkylation sites (tertiary alicyclic amines) is 2. The zero-order valence-electron chi connectivity index (χ0n) is 22.0. The molecule has 14 heteroatoms. The van der Waals surface area contributed by atoms with E-state index < -0.39 is 24.3 Å². The van der Waals surface area contributed by atoms with Gasteiger partial charge in [0.2, 0.25) is 5.91 Å². The molecule has 2 saturated heterocycles. The van der Waals surface area contributed by atoms with Crippen LogP contribution in [0.2, 0.25) is 0 Å². The van der Waals surface area contributed by atoms with Gasteiger partial charge in [-0.15, -0.1) is 0 Å². The molecule has 3 aliphatic rings. The highest BCUT2D eigenvalue weighted by Gasteiger charge is 2.42. The lowest BCUT2D eigenvalue weighted by Gasteiger charge is -2.41. The number of pyridine rings is 1. The summed E-state index contributed by atoms with van der Waals surface area (Å²) >= 11 is 0. The number of hydrogen-bond donors (Lipinski definition) is 2. The van der Waals surface area contributed by atoms with E-state index in [1.54, 1.807) is 6.20 Å². The summed E-state index contributed by atoms with van der Waals surface area (Å²) in [5, 5.41) is 14.2. The predicted molar refractivity (Wildman–Crippen MR) is 131 cm³/mol. The van der Waals surface area contributed by atoms with E-state index in [0.29, 0.717) is 11.8 Å². The molecular formula is C26H35F6N3O5. The number of aromatic nitrogens is 1. The predicted octanol–water partition coefficient (Wildman–Crippen LogP) is 4.79. The van der Waals surface area contributed by atoms with E-state index >= 15 is 0 Å². The monoisotopic (exact) mass is 583 g/mol. The van der Waals surface area contributed by atoms with Gasteiger partial charge in [0, 0.05) is 32.0 Å². The van der Waals surface area contributed by atoms with Crippen LogP contribution in [0.4, 0.5) is 26.3 Å². The van der Waals surface area contributed by atoms with Crippen LogP contribution in [0, 0.1) is 11.3 Å². The molecule has 226 valence electrons. The third-order valence-corrected chi connectivity index (χ3v) is 7.51. The summed E-state index contributed by atoms with van der Waals surface area (Å²) in [6, 6.07) is 3.91. The fraction of sp³-hybridized carbons (Fsp3) is 0.692. The van der Waals surface area contributed by atoms with Gasteiger partial charge in [-0.2, -0.15) is 26.3 Å². The third kappa shape index (κ3) is 11.3. The van der Waals surface area contributed by atoms with Crippen LogP contribution in [0.25, 0.3) is 0 Å². The molecule has 1 aromatic heterocycles. The molecule has 1 aromatic rings. The molecule has 40 heavy (non-hydrogen) atoms. The average molecular weight is 584 g/mol. The van der Waals surface area contributed by atoms with E-state index in [4.69, 9.17) is 19.8 Å². The van der Waals surface area contributed by atoms with Crippen LogP contribution in [0.5, 0.6) is 0 Å². The number of hydrogen-bond acceptors (Lipinski definition) is 5. The molecule has 8 nitrogen and oxygen atoms in total. The molecule has 0 aromatic carbocycles. The standard InChI is InChI=1S/C22H33N3O.2C2HF3O2/c26-21(15-20-7-4-11-23-16-20)25-14-10-22(18-25)8-12-24(13-9-22)17-19-5-2-1-3-6-19;2*3-2(4,5)1(6)7/h4,7,11,16,19H,1-3,5-6,8-10,12-15,17-18H2;2*(H,6,7). The Morgan fingerprint density at radius 3 is 1.90 bits per heavy atom. The van der Waals surface area contributed by atoms with Crippen molar-refractivity contribution in [1.82, 2.24) is 14.8 Å². The first-order chi connectivity index (χ1) is 18.6. The largest absolute Gasteiger partial charge is 0.490 e. The number of halogens is 6. The van der Waals surface area contributed by atoms with Gasteiger partial charge >= 0.3 is 24.3 Å². The van der Waals surface area contributed by atoms with Crippen molar-refractivity contribution < 1.29 is 50.9 Å². The second-order valence-corrected chi connectivity index (χ2v) is 10.5. The highest BCUT2D eigenvalue weighted by Crippen LogP contribution is 2.41. The molecule has 0 atom stereocenters. The van der Waals surface area contributed by atoms with Crippen molar-refractivity contribution in [1.29, 1.82) is 0 Å². The van der Waals surface area contributed by atoms with Gasteiger partial charge in [-0.1, -0.05) is 25.3 Å². The van der Waals surface area contributed by atoms with Gasteiger partial charge in [-0.25, -0.2) is 9.59 Å². The van der Waals surface area contributed by atoms with Gasteiger partial charge in [0.05, 0.1) is 6.42 Å². The van der Waals surface area contributed by atoms with E-state index in [1.807, 2.05) is 18.3 Å². The van der Waals surface area contributed by atoms with Crippen molar-refractivity contribution in [2.75, 3.05) is 32.7 Å². The molecule has 1 aliphatic carbocycles. The number of amides is 1. The molecule has 1 spiro atoms. The Kier molecular flexibility index (Phi) is 12.2. The third-order valence-electron chi connectivity index (χ3n) is 7.51. The maximum absolute atomic E-state index is 12.7. The number of carboxylic acid groups (broad SMARTS) is 2. The molecule has 0 unspecified atom stereocenters. The van der Waals surface area contributed by atoms with Crippen molar-refractivity contribution >= 4 is 17.8 Å². The number of alkyl halides is 6. The molecule has 2 N–H and O–H groups in total. The normalized spacial score (nSPS) is 19.7. The fourth-order valence-corrected chi connectivity index (χ4v) is 5.29. The second-order valence-electron chi connectivity index (χ2n) is 10.5. The summed E-state index contributed by atoms with van der Waals surface area (Å²) in [7, 11) is 0. The Bertz CT molecular complexity index is 936. The number of rotatable bonds is 4. The molecule has 1 saturated carbocycles. The number of carbonyl (C=O) groups is 3. The molecule has 3 fully saturated rings. The Morgan fingerprint density at radius 1 is 0.900 bits per heavy atom. The summed E-state index contributed by atoms with van der Waals surface area (Å²) in [6.07, 6.45) is 4.87. The lowest BCUT2D eigenvalue weighted by Crippen LogP contribution is -2.44. The van der Waals surface area contributed by atoms with Gasteiger partial charge in [0.1, 0.15) is 0 Å². The quantitative estimate of drug-likeness (QED) is 0.491. The Hall–Kier alpha value is -2.90. The minimum absolute atomic E-state index is 0.277. The number of carbonyl (C=O) groups excluding carboxylic acids is 1. The zero-order chi connectivity index (χ0) is 30.0. The van der Waals surface area contributed by atoms with Crippen LogP contribution in [-0.4, -0.2) is 87.9 Å². The van der Waals surface area contributed by atoms with Crippen molar-refractivity contribution in [2.24, 2.45) is 11.3 Å². The van der Waals surface area contributed by atoms with Gasteiger partial charge in [-0.05, 0) is 68.2 Å². The highest BCUT2D eigenvalue weighted by molar-refractivity contribution is 5.79. The minimum atomic E-state index is -5.08. The fourth-order valence-electron chi connectivity index (χ4n) is 5.29. The van der Waals surface area contributed by atoms with E-state index in [-0.39, 0.29) is 5.91 Å². The molecular weight excluding hydrogens is 548 g/mol. The summed E-state index contributed by atoms with van der Waals surface area (Å²) in [4.78, 5) is 39.4. The van der Waals surface area contributed by atoms with Crippen LogP contribution in [0.3, 0.4) is 0 Å². The Morgan fingerprint density at radius 2 is 1.43 bits per heavy atom. The van der Waals surface area contributed by atoms with Crippen LogP contribution in [0.15, 0.2) is 24.5 Å². The van der Waals surface area contributed by atoms with E-state index in [9.17, 15) is 31.1 Å². The number of piperidine rings is 1. The molecule has 4 rings (SSSR count). The maximum atomic E-state index is 12.7. The lowest BCUT2D eigenvalue weighted by molar-refractivity contribution is -0.193. The van der Waals surface area contributed by atoms with Crippen molar-refractivity contribution in [3.63, 3.8) is 0 Å².